The van der Waals surface area contributed by atoms with Crippen molar-refractivity contribution < 1.29 is 17.2 Å². The number of hydrogen-bond donors (Lipinski definition) is 2. The number of hydrogen-bond acceptors (Lipinski definition) is 3. The van der Waals surface area contributed by atoms with Crippen LogP contribution in [0.5, 0.6) is 0 Å². The number of halogens is 4. The van der Waals surface area contributed by atoms with E-state index < -0.39 is 26.6 Å². The second kappa shape index (κ2) is 5.67. The lowest BCUT2D eigenvalue weighted by molar-refractivity contribution is 0.521. The maximum absolute atomic E-state index is 13.5. The van der Waals surface area contributed by atoms with E-state index in [-0.39, 0.29) is 21.4 Å². The van der Waals surface area contributed by atoms with Gasteiger partial charge in [0.05, 0.1) is 21.4 Å². The van der Waals surface area contributed by atoms with Gasteiger partial charge in [0.2, 0.25) is 0 Å². The summed E-state index contributed by atoms with van der Waals surface area (Å²) >= 11 is 11.5. The van der Waals surface area contributed by atoms with Gasteiger partial charge in [-0.25, -0.2) is 17.2 Å². The molecule has 0 heterocycles. The zero-order chi connectivity index (χ0) is 15.8. The maximum Gasteiger partial charge on any atom is 0.267 e. The molecule has 0 saturated heterocycles. The van der Waals surface area contributed by atoms with Crippen molar-refractivity contribution in [2.24, 2.45) is 0 Å². The molecule has 0 fully saturated rings. The molecule has 0 aromatic heterocycles. The average molecular weight is 353 g/mol. The van der Waals surface area contributed by atoms with E-state index in [9.17, 15) is 17.2 Å². The largest absolute Gasteiger partial charge is 0.396 e. The van der Waals surface area contributed by atoms with Crippen molar-refractivity contribution in [1.29, 1.82) is 0 Å². The van der Waals surface area contributed by atoms with Gasteiger partial charge in [0.15, 0.2) is 4.90 Å². The second-order valence-corrected chi connectivity index (χ2v) is 6.44. The minimum Gasteiger partial charge on any atom is -0.396 e. The predicted molar refractivity (Wildman–Crippen MR) is 78.0 cm³/mol. The van der Waals surface area contributed by atoms with Crippen molar-refractivity contribution >= 4 is 44.6 Å². The van der Waals surface area contributed by atoms with Gasteiger partial charge >= 0.3 is 0 Å². The van der Waals surface area contributed by atoms with Crippen molar-refractivity contribution in [2.45, 2.75) is 4.90 Å². The number of sulfonamides is 1. The first-order chi connectivity index (χ1) is 9.72. The average Bonchev–Trinajstić information content (AvgIpc) is 2.34. The van der Waals surface area contributed by atoms with E-state index in [4.69, 9.17) is 28.9 Å². The van der Waals surface area contributed by atoms with E-state index in [1.54, 1.807) is 0 Å². The monoisotopic (exact) mass is 352 g/mol. The van der Waals surface area contributed by atoms with Gasteiger partial charge < -0.3 is 5.73 Å². The Hall–Kier alpha value is -1.57. The molecule has 0 atom stereocenters. The Kier molecular flexibility index (Phi) is 4.27. The molecule has 4 nitrogen and oxygen atoms in total. The number of nitrogens with one attached hydrogen (secondary N) is 1. The van der Waals surface area contributed by atoms with Gasteiger partial charge in [0.25, 0.3) is 10.0 Å². The van der Waals surface area contributed by atoms with E-state index in [0.717, 1.165) is 18.2 Å². The standard InChI is InChI=1S/C12H8Cl2F2N2O2S/c13-7-4-6(5-8(14)11(7)17)18-21(19,20)12-9(15)2-1-3-10(12)16/h1-5,18H,17H2. The van der Waals surface area contributed by atoms with Crippen LogP contribution in [0, 0.1) is 11.6 Å². The topological polar surface area (TPSA) is 72.2 Å². The highest BCUT2D eigenvalue weighted by atomic mass is 35.5. The minimum absolute atomic E-state index is 0.00852. The summed E-state index contributed by atoms with van der Waals surface area (Å²) in [6.07, 6.45) is 0. The summed E-state index contributed by atoms with van der Waals surface area (Å²) in [5.41, 5.74) is 5.51. The highest BCUT2D eigenvalue weighted by molar-refractivity contribution is 7.92. The maximum atomic E-state index is 13.5. The fourth-order valence-electron chi connectivity index (χ4n) is 1.59. The van der Waals surface area contributed by atoms with Crippen molar-refractivity contribution in [3.63, 3.8) is 0 Å². The van der Waals surface area contributed by atoms with Gasteiger partial charge in [-0.3, -0.25) is 4.72 Å². The van der Waals surface area contributed by atoms with Crippen LogP contribution in [0.15, 0.2) is 35.2 Å². The van der Waals surface area contributed by atoms with E-state index in [0.29, 0.717) is 0 Å². The third-order valence-electron chi connectivity index (χ3n) is 2.52. The SMILES string of the molecule is Nc1c(Cl)cc(NS(=O)(=O)c2c(F)cccc2F)cc1Cl. The third kappa shape index (κ3) is 3.20. The van der Waals surface area contributed by atoms with Crippen LogP contribution >= 0.6 is 23.2 Å². The predicted octanol–water partition coefficient (Wildman–Crippen LogP) is 3.65. The number of nitrogens with two attached hydrogens (primary N) is 1. The van der Waals surface area contributed by atoms with Gasteiger partial charge in [-0.1, -0.05) is 29.3 Å². The quantitative estimate of drug-likeness (QED) is 0.828. The highest BCUT2D eigenvalue weighted by Gasteiger charge is 2.24. The Morgan fingerprint density at radius 1 is 1.05 bits per heavy atom. The van der Waals surface area contributed by atoms with Gasteiger partial charge in [-0.15, -0.1) is 0 Å². The molecule has 2 rings (SSSR count). The molecule has 3 N–H and O–H groups in total. The van der Waals surface area contributed by atoms with Crippen LogP contribution in [0.25, 0.3) is 0 Å². The van der Waals surface area contributed by atoms with E-state index in [1.165, 1.54) is 12.1 Å². The molecule has 21 heavy (non-hydrogen) atoms. The molecule has 0 aliphatic rings. The van der Waals surface area contributed by atoms with Crippen LogP contribution in [0.2, 0.25) is 10.0 Å². The van der Waals surface area contributed by atoms with Gasteiger partial charge in [-0.2, -0.15) is 0 Å². The van der Waals surface area contributed by atoms with Crippen molar-refractivity contribution in [2.75, 3.05) is 10.5 Å². The number of benzene rings is 2. The Labute approximate surface area is 129 Å². The third-order valence-corrected chi connectivity index (χ3v) is 4.58. The molecule has 0 radical (unpaired) electrons. The molecular formula is C12H8Cl2F2N2O2S. The Balaban J connectivity index is 2.48. The molecule has 0 saturated carbocycles. The fourth-order valence-corrected chi connectivity index (χ4v) is 3.26. The molecule has 9 heteroatoms. The first kappa shape index (κ1) is 15.8. The van der Waals surface area contributed by atoms with Gasteiger partial charge in [-0.05, 0) is 24.3 Å². The van der Waals surface area contributed by atoms with Crippen LogP contribution in [-0.4, -0.2) is 8.42 Å². The van der Waals surface area contributed by atoms with Gasteiger partial charge in [0.1, 0.15) is 11.6 Å². The molecule has 0 amide bonds. The molecule has 0 bridgehead atoms. The summed E-state index contributed by atoms with van der Waals surface area (Å²) < 4.78 is 53.2. The first-order valence-corrected chi connectivity index (χ1v) is 7.67. The second-order valence-electron chi connectivity index (χ2n) is 4.01. The van der Waals surface area contributed by atoms with Crippen molar-refractivity contribution in [1.82, 2.24) is 0 Å². The Morgan fingerprint density at radius 2 is 1.52 bits per heavy atom. The van der Waals surface area contributed by atoms with Crippen LogP contribution in [0.3, 0.4) is 0 Å². The van der Waals surface area contributed by atoms with Crippen LogP contribution in [-0.2, 0) is 10.0 Å². The molecule has 112 valence electrons. The number of rotatable bonds is 3. The Morgan fingerprint density at radius 3 is 2.00 bits per heavy atom. The van der Waals surface area contributed by atoms with E-state index in [2.05, 4.69) is 0 Å². The normalized spacial score (nSPS) is 11.4. The highest BCUT2D eigenvalue weighted by Crippen LogP contribution is 2.32. The lowest BCUT2D eigenvalue weighted by atomic mass is 10.3. The molecular weight excluding hydrogens is 345 g/mol. The Bertz CT molecular complexity index is 770. The summed E-state index contributed by atoms with van der Waals surface area (Å²) in [6, 6.07) is 5.08. The molecule has 0 aliphatic carbocycles. The van der Waals surface area contributed by atoms with Crippen LogP contribution in [0.4, 0.5) is 20.2 Å². The molecule has 0 aliphatic heterocycles. The molecule has 0 unspecified atom stereocenters. The summed E-state index contributed by atoms with van der Waals surface area (Å²) in [4.78, 5) is -1.09. The fraction of sp³-hybridized carbons (Fsp3) is 0. The summed E-state index contributed by atoms with van der Waals surface area (Å²) in [7, 11) is -4.48. The molecule has 2 aromatic carbocycles. The van der Waals surface area contributed by atoms with E-state index >= 15 is 0 Å². The molecule has 2 aromatic rings. The lowest BCUT2D eigenvalue weighted by Gasteiger charge is -2.11. The zero-order valence-electron chi connectivity index (χ0n) is 10.2. The lowest BCUT2D eigenvalue weighted by Crippen LogP contribution is -2.16. The van der Waals surface area contributed by atoms with Crippen LogP contribution in [0.1, 0.15) is 0 Å². The minimum atomic E-state index is -4.48. The van der Waals surface area contributed by atoms with E-state index in [1.807, 2.05) is 4.72 Å². The van der Waals surface area contributed by atoms with Gasteiger partial charge in [0, 0.05) is 0 Å². The number of nitrogen functional groups attached to an aromatic ring is 1. The summed E-state index contributed by atoms with van der Waals surface area (Å²) in [5, 5.41) is 0.0170. The smallest absolute Gasteiger partial charge is 0.267 e. The van der Waals surface area contributed by atoms with Crippen molar-refractivity contribution in [3.8, 4) is 0 Å². The summed E-state index contributed by atoms with van der Waals surface area (Å²) in [6.45, 7) is 0. The zero-order valence-corrected chi connectivity index (χ0v) is 12.5. The summed E-state index contributed by atoms with van der Waals surface area (Å²) in [5.74, 6) is -2.43. The molecule has 0 spiro atoms. The first-order valence-electron chi connectivity index (χ1n) is 5.43. The van der Waals surface area contributed by atoms with Crippen molar-refractivity contribution in [3.05, 3.63) is 52.0 Å². The number of anilines is 2. The van der Waals surface area contributed by atoms with Crippen LogP contribution < -0.4 is 10.5 Å².